The highest BCUT2D eigenvalue weighted by Gasteiger charge is 2.10. The SMILES string of the molecule is C/C(=N\NS(=O)(=O)N(C)C)c1ccccc1. The van der Waals surface area contributed by atoms with Crippen molar-refractivity contribution >= 4 is 15.9 Å². The smallest absolute Gasteiger partial charge is 0.191 e. The molecule has 6 heteroatoms. The average Bonchev–Trinajstić information content (AvgIpc) is 2.27. The lowest BCUT2D eigenvalue weighted by Crippen LogP contribution is -2.33. The van der Waals surface area contributed by atoms with Crippen LogP contribution in [0.3, 0.4) is 0 Å². The van der Waals surface area contributed by atoms with Crippen molar-refractivity contribution in [2.45, 2.75) is 6.92 Å². The van der Waals surface area contributed by atoms with Crippen molar-refractivity contribution < 1.29 is 8.42 Å². The van der Waals surface area contributed by atoms with Crippen LogP contribution < -0.4 is 4.83 Å². The predicted molar refractivity (Wildman–Crippen MR) is 64.4 cm³/mol. The van der Waals surface area contributed by atoms with Crippen LogP contribution in [-0.4, -0.2) is 32.5 Å². The second-order valence-corrected chi connectivity index (χ2v) is 5.30. The van der Waals surface area contributed by atoms with Crippen molar-refractivity contribution in [2.24, 2.45) is 5.10 Å². The molecule has 5 nitrogen and oxygen atoms in total. The summed E-state index contributed by atoms with van der Waals surface area (Å²) in [6.45, 7) is 1.74. The van der Waals surface area contributed by atoms with E-state index < -0.39 is 10.2 Å². The summed E-state index contributed by atoms with van der Waals surface area (Å²) in [6, 6.07) is 9.36. The highest BCUT2D eigenvalue weighted by atomic mass is 32.2. The molecule has 0 unspecified atom stereocenters. The van der Waals surface area contributed by atoms with E-state index in [0.29, 0.717) is 5.71 Å². The number of hydrazone groups is 1. The second-order valence-electron chi connectivity index (χ2n) is 3.44. The molecular weight excluding hydrogens is 226 g/mol. The molecule has 0 fully saturated rings. The highest BCUT2D eigenvalue weighted by Crippen LogP contribution is 2.00. The number of hydrogen-bond acceptors (Lipinski definition) is 3. The zero-order valence-corrected chi connectivity index (χ0v) is 10.3. The van der Waals surface area contributed by atoms with E-state index in [2.05, 4.69) is 9.93 Å². The van der Waals surface area contributed by atoms with Gasteiger partial charge in [0.2, 0.25) is 0 Å². The molecular formula is C10H15N3O2S. The molecule has 16 heavy (non-hydrogen) atoms. The van der Waals surface area contributed by atoms with Gasteiger partial charge in [0.1, 0.15) is 0 Å². The van der Waals surface area contributed by atoms with Gasteiger partial charge in [-0.3, -0.25) is 0 Å². The minimum atomic E-state index is -3.51. The number of hydrogen-bond donors (Lipinski definition) is 1. The molecule has 0 heterocycles. The summed E-state index contributed by atoms with van der Waals surface area (Å²) in [5.74, 6) is 0. The van der Waals surface area contributed by atoms with Crippen LogP contribution >= 0.6 is 0 Å². The van der Waals surface area contributed by atoms with Gasteiger partial charge in [-0.2, -0.15) is 22.7 Å². The minimum absolute atomic E-state index is 0.617. The van der Waals surface area contributed by atoms with Crippen LogP contribution in [0.2, 0.25) is 0 Å². The van der Waals surface area contributed by atoms with Crippen molar-refractivity contribution in [3.63, 3.8) is 0 Å². The maximum atomic E-state index is 11.4. The lowest BCUT2D eigenvalue weighted by Gasteiger charge is -2.10. The molecule has 0 amide bonds. The zero-order chi connectivity index (χ0) is 12.2. The molecule has 1 N–H and O–H groups in total. The summed E-state index contributed by atoms with van der Waals surface area (Å²) < 4.78 is 23.8. The lowest BCUT2D eigenvalue weighted by atomic mass is 10.1. The van der Waals surface area contributed by atoms with Crippen LogP contribution in [0.5, 0.6) is 0 Å². The molecule has 0 spiro atoms. The molecule has 0 aliphatic heterocycles. The van der Waals surface area contributed by atoms with E-state index in [9.17, 15) is 8.42 Å². The quantitative estimate of drug-likeness (QED) is 0.626. The van der Waals surface area contributed by atoms with Crippen molar-refractivity contribution in [1.82, 2.24) is 9.14 Å². The fourth-order valence-corrected chi connectivity index (χ4v) is 1.37. The maximum absolute atomic E-state index is 11.4. The molecule has 0 radical (unpaired) electrons. The van der Waals surface area contributed by atoms with E-state index >= 15 is 0 Å². The summed E-state index contributed by atoms with van der Waals surface area (Å²) in [4.78, 5) is 2.14. The molecule has 88 valence electrons. The Bertz CT molecular complexity index is 466. The highest BCUT2D eigenvalue weighted by molar-refractivity contribution is 7.87. The van der Waals surface area contributed by atoms with Crippen LogP contribution in [0.1, 0.15) is 12.5 Å². The van der Waals surface area contributed by atoms with Gasteiger partial charge in [0, 0.05) is 14.1 Å². The van der Waals surface area contributed by atoms with E-state index in [-0.39, 0.29) is 0 Å². The van der Waals surface area contributed by atoms with Crippen LogP contribution in [0.4, 0.5) is 0 Å². The number of rotatable bonds is 4. The van der Waals surface area contributed by atoms with Crippen LogP contribution in [0.25, 0.3) is 0 Å². The Balaban J connectivity index is 2.81. The Morgan fingerprint density at radius 1 is 1.25 bits per heavy atom. The Kier molecular flexibility index (Phi) is 4.03. The van der Waals surface area contributed by atoms with Gasteiger partial charge < -0.3 is 0 Å². The van der Waals surface area contributed by atoms with Gasteiger partial charge in [-0.15, -0.1) is 0 Å². The minimum Gasteiger partial charge on any atom is -0.191 e. The Morgan fingerprint density at radius 2 is 1.81 bits per heavy atom. The van der Waals surface area contributed by atoms with Gasteiger partial charge >= 0.3 is 10.2 Å². The summed E-state index contributed by atoms with van der Waals surface area (Å²) in [6.07, 6.45) is 0. The molecule has 1 aromatic rings. The van der Waals surface area contributed by atoms with E-state index in [4.69, 9.17) is 0 Å². The van der Waals surface area contributed by atoms with E-state index in [1.165, 1.54) is 14.1 Å². The number of nitrogens with zero attached hydrogens (tertiary/aromatic N) is 2. The van der Waals surface area contributed by atoms with Crippen molar-refractivity contribution in [3.05, 3.63) is 35.9 Å². The standard InChI is InChI=1S/C10H15N3O2S/c1-9(10-7-5-4-6-8-10)11-12-16(14,15)13(2)3/h4-8,12H,1-3H3/b11-9+. The largest absolute Gasteiger partial charge is 0.316 e. The number of nitrogens with one attached hydrogen (secondary N) is 1. The molecule has 1 aromatic carbocycles. The lowest BCUT2D eigenvalue weighted by molar-refractivity contribution is 0.508. The molecule has 0 saturated heterocycles. The first-order valence-corrected chi connectivity index (χ1v) is 6.16. The molecule has 0 saturated carbocycles. The van der Waals surface area contributed by atoms with Gasteiger partial charge in [-0.1, -0.05) is 30.3 Å². The maximum Gasteiger partial charge on any atom is 0.316 e. The first-order valence-electron chi connectivity index (χ1n) is 4.72. The fraction of sp³-hybridized carbons (Fsp3) is 0.300. The zero-order valence-electron chi connectivity index (χ0n) is 9.51. The fourth-order valence-electron chi connectivity index (χ4n) is 0.952. The predicted octanol–water partition coefficient (Wildman–Crippen LogP) is 0.807. The van der Waals surface area contributed by atoms with E-state index in [0.717, 1.165) is 9.87 Å². The average molecular weight is 241 g/mol. The monoisotopic (exact) mass is 241 g/mol. The molecule has 0 aliphatic carbocycles. The molecule has 0 bridgehead atoms. The first kappa shape index (κ1) is 12.7. The molecule has 1 rings (SSSR count). The van der Waals surface area contributed by atoms with Gasteiger partial charge in [0.15, 0.2) is 0 Å². The third kappa shape index (κ3) is 3.32. The van der Waals surface area contributed by atoms with Gasteiger partial charge in [-0.25, -0.2) is 0 Å². The Morgan fingerprint density at radius 3 is 2.31 bits per heavy atom. The third-order valence-corrected chi connectivity index (χ3v) is 3.28. The van der Waals surface area contributed by atoms with Crippen molar-refractivity contribution in [3.8, 4) is 0 Å². The van der Waals surface area contributed by atoms with Gasteiger partial charge in [0.05, 0.1) is 5.71 Å². The molecule has 0 aliphatic rings. The van der Waals surface area contributed by atoms with E-state index in [1.54, 1.807) is 6.92 Å². The number of benzene rings is 1. The summed E-state index contributed by atoms with van der Waals surface area (Å²) in [5.41, 5.74) is 1.50. The second kappa shape index (κ2) is 5.09. The summed E-state index contributed by atoms with van der Waals surface area (Å²) in [7, 11) is -0.625. The molecule has 0 aromatic heterocycles. The summed E-state index contributed by atoms with van der Waals surface area (Å²) >= 11 is 0. The van der Waals surface area contributed by atoms with Crippen LogP contribution in [0.15, 0.2) is 35.4 Å². The Hall–Kier alpha value is -1.40. The molecule has 0 atom stereocenters. The topological polar surface area (TPSA) is 61.8 Å². The van der Waals surface area contributed by atoms with Gasteiger partial charge in [-0.05, 0) is 12.5 Å². The van der Waals surface area contributed by atoms with E-state index in [1.807, 2.05) is 30.3 Å². The van der Waals surface area contributed by atoms with Gasteiger partial charge in [0.25, 0.3) is 0 Å². The normalized spacial score (nSPS) is 12.9. The third-order valence-electron chi connectivity index (χ3n) is 2.00. The van der Waals surface area contributed by atoms with Crippen molar-refractivity contribution in [1.29, 1.82) is 0 Å². The van der Waals surface area contributed by atoms with Crippen molar-refractivity contribution in [2.75, 3.05) is 14.1 Å². The van der Waals surface area contributed by atoms with Crippen LogP contribution in [0, 0.1) is 0 Å². The first-order chi connectivity index (χ1) is 7.43. The Labute approximate surface area is 96.0 Å². The van der Waals surface area contributed by atoms with Crippen LogP contribution in [-0.2, 0) is 10.2 Å². The summed E-state index contributed by atoms with van der Waals surface area (Å²) in [5, 5.41) is 3.82.